The minimum absolute atomic E-state index is 0.0783. The first-order valence-electron chi connectivity index (χ1n) is 18.4. The van der Waals surface area contributed by atoms with Crippen molar-refractivity contribution in [3.8, 4) is 0 Å². The fourth-order valence-corrected chi connectivity index (χ4v) is 7.81. The van der Waals surface area contributed by atoms with Crippen LogP contribution in [-0.4, -0.2) is 104 Å². The zero-order valence-electron chi connectivity index (χ0n) is 30.1. The van der Waals surface area contributed by atoms with Crippen molar-refractivity contribution >= 4 is 33.9 Å². The van der Waals surface area contributed by atoms with E-state index in [4.69, 9.17) is 18.9 Å². The Morgan fingerprint density at radius 1 is 0.688 bits per heavy atom. The van der Waals surface area contributed by atoms with Crippen molar-refractivity contribution in [3.05, 3.63) is 0 Å². The number of hydrogen-bond donors (Lipinski definition) is 0. The number of ether oxygens (including phenoxy) is 4. The van der Waals surface area contributed by atoms with Gasteiger partial charge in [-0.25, -0.2) is 8.42 Å². The second-order valence-corrected chi connectivity index (χ2v) is 15.2. The topological polar surface area (TPSA) is 146 Å². The summed E-state index contributed by atoms with van der Waals surface area (Å²) in [6.45, 7) is 8.61. The summed E-state index contributed by atoms with van der Waals surface area (Å²) in [6.07, 6.45) is 9.58. The minimum atomic E-state index is -3.29. The average molecular weight is 703 g/mol. The molecule has 0 aromatic carbocycles. The molecule has 12 nitrogen and oxygen atoms in total. The van der Waals surface area contributed by atoms with Crippen LogP contribution in [0.2, 0.25) is 0 Å². The Hall–Kier alpha value is -2.25. The molecular weight excluding hydrogens is 640 g/mol. The molecule has 0 N–H and O–H groups in total. The lowest BCUT2D eigenvalue weighted by Crippen LogP contribution is -2.65. The summed E-state index contributed by atoms with van der Waals surface area (Å²) in [6, 6.07) is -0.545. The summed E-state index contributed by atoms with van der Waals surface area (Å²) in [5.74, 6) is -1.76. The van der Waals surface area contributed by atoms with Crippen LogP contribution in [0.15, 0.2) is 0 Å². The molecule has 0 spiro atoms. The van der Waals surface area contributed by atoms with E-state index in [1.165, 1.54) is 6.26 Å². The monoisotopic (exact) mass is 702 g/mol. The normalized spacial score (nSPS) is 22.3. The lowest BCUT2D eigenvalue weighted by atomic mass is 9.92. The number of sulfonamides is 1. The van der Waals surface area contributed by atoms with Crippen molar-refractivity contribution in [2.75, 3.05) is 32.5 Å². The van der Waals surface area contributed by atoms with E-state index >= 15 is 0 Å². The van der Waals surface area contributed by atoms with E-state index in [2.05, 4.69) is 0 Å². The number of carbonyl (C=O) groups excluding carboxylic acids is 4. The molecule has 48 heavy (non-hydrogen) atoms. The van der Waals surface area contributed by atoms with Crippen LogP contribution in [0.3, 0.4) is 0 Å². The summed E-state index contributed by atoms with van der Waals surface area (Å²) in [7, 11) is -3.29. The standard InChI is InChI=1S/C35H62N2O10S/c1-6-17-30(38)44-26-28-34(46-32(40)19-8-3)35(47-33(41)20-9-4)29(45-31(39)18-7-2)25-36(28)23-15-10-11-16-24-37(48(5,42)43)27-21-13-12-14-22-27/h27-29,34-35H,6-26H2,1-5H3/t28-,29+,34-,35-/m1/s1. The number of hydrogen-bond acceptors (Lipinski definition) is 11. The first-order valence-corrected chi connectivity index (χ1v) is 20.2. The van der Waals surface area contributed by atoms with Crippen LogP contribution in [0.25, 0.3) is 0 Å². The third kappa shape index (κ3) is 14.7. The van der Waals surface area contributed by atoms with Gasteiger partial charge in [0.25, 0.3) is 0 Å². The van der Waals surface area contributed by atoms with Gasteiger partial charge < -0.3 is 18.9 Å². The fraction of sp³-hybridized carbons (Fsp3) is 0.886. The van der Waals surface area contributed by atoms with Crippen LogP contribution >= 0.6 is 0 Å². The summed E-state index contributed by atoms with van der Waals surface area (Å²) >= 11 is 0. The predicted octanol–water partition coefficient (Wildman–Crippen LogP) is 5.30. The summed E-state index contributed by atoms with van der Waals surface area (Å²) in [4.78, 5) is 53.0. The maximum atomic E-state index is 12.9. The van der Waals surface area contributed by atoms with Crippen LogP contribution < -0.4 is 0 Å². The molecular formula is C35H62N2O10S. The molecule has 2 rings (SSSR count). The number of likely N-dealkylation sites (tertiary alicyclic amines) is 1. The third-order valence-corrected chi connectivity index (χ3v) is 10.3. The van der Waals surface area contributed by atoms with Crippen molar-refractivity contribution in [2.45, 2.75) is 167 Å². The molecule has 0 aromatic rings. The Morgan fingerprint density at radius 3 is 1.77 bits per heavy atom. The maximum absolute atomic E-state index is 12.9. The van der Waals surface area contributed by atoms with Gasteiger partial charge in [-0.05, 0) is 57.9 Å². The average Bonchev–Trinajstić information content (AvgIpc) is 3.02. The highest BCUT2D eigenvalue weighted by atomic mass is 32.2. The number of rotatable bonds is 22. The molecule has 0 bridgehead atoms. The SMILES string of the molecule is CCCC(=O)OC[C@@H]1[C@@H](OC(=O)CCC)[C@H](OC(=O)CCC)[C@@H](OC(=O)CCC)CN1CCCCCCN(C1CCCCC1)S(C)(=O)=O. The predicted molar refractivity (Wildman–Crippen MR) is 182 cm³/mol. The van der Waals surface area contributed by atoms with Gasteiger partial charge in [0.05, 0.1) is 12.3 Å². The summed E-state index contributed by atoms with van der Waals surface area (Å²) < 4.78 is 50.2. The molecule has 2 aliphatic rings. The second-order valence-electron chi connectivity index (χ2n) is 13.3. The molecule has 1 aliphatic carbocycles. The summed E-state index contributed by atoms with van der Waals surface area (Å²) in [5.41, 5.74) is 0. The Labute approximate surface area is 289 Å². The lowest BCUT2D eigenvalue weighted by Gasteiger charge is -2.47. The molecule has 1 aliphatic heterocycles. The van der Waals surface area contributed by atoms with Gasteiger partial charge in [0.15, 0.2) is 18.3 Å². The molecule has 4 atom stereocenters. The molecule has 13 heteroatoms. The van der Waals surface area contributed by atoms with Crippen LogP contribution in [0.1, 0.15) is 137 Å². The highest BCUT2D eigenvalue weighted by Crippen LogP contribution is 2.29. The molecule has 0 unspecified atom stereocenters. The Morgan fingerprint density at radius 2 is 1.21 bits per heavy atom. The second kappa shape index (κ2) is 22.5. The van der Waals surface area contributed by atoms with Gasteiger partial charge in [0.2, 0.25) is 10.0 Å². The van der Waals surface area contributed by atoms with Crippen molar-refractivity contribution in [3.63, 3.8) is 0 Å². The highest BCUT2D eigenvalue weighted by Gasteiger charge is 2.50. The highest BCUT2D eigenvalue weighted by molar-refractivity contribution is 7.88. The third-order valence-electron chi connectivity index (χ3n) is 8.98. The zero-order chi connectivity index (χ0) is 35.5. The van der Waals surface area contributed by atoms with E-state index in [-0.39, 0.29) is 50.8 Å². The van der Waals surface area contributed by atoms with Crippen molar-refractivity contribution in [1.29, 1.82) is 0 Å². The van der Waals surface area contributed by atoms with Crippen LogP contribution in [-0.2, 0) is 48.1 Å². The number of piperidine rings is 1. The van der Waals surface area contributed by atoms with Crippen molar-refractivity contribution < 1.29 is 46.5 Å². The van der Waals surface area contributed by atoms with E-state index in [9.17, 15) is 27.6 Å². The number of nitrogens with zero attached hydrogens (tertiary/aromatic N) is 2. The quantitative estimate of drug-likeness (QED) is 0.0823. The van der Waals surface area contributed by atoms with E-state index in [1.54, 1.807) is 4.31 Å². The minimum Gasteiger partial charge on any atom is -0.464 e. The van der Waals surface area contributed by atoms with Crippen LogP contribution in [0, 0.1) is 0 Å². The molecule has 0 amide bonds. The van der Waals surface area contributed by atoms with E-state index in [0.717, 1.165) is 57.8 Å². The molecule has 0 radical (unpaired) electrons. The van der Waals surface area contributed by atoms with E-state index in [1.807, 2.05) is 32.6 Å². The van der Waals surface area contributed by atoms with Gasteiger partial charge in [-0.2, -0.15) is 4.31 Å². The van der Waals surface area contributed by atoms with Gasteiger partial charge in [-0.15, -0.1) is 0 Å². The van der Waals surface area contributed by atoms with Crippen molar-refractivity contribution in [2.24, 2.45) is 0 Å². The van der Waals surface area contributed by atoms with Crippen LogP contribution in [0.4, 0.5) is 0 Å². The largest absolute Gasteiger partial charge is 0.464 e. The van der Waals surface area contributed by atoms with E-state index < -0.39 is 52.3 Å². The Kier molecular flexibility index (Phi) is 19.6. The van der Waals surface area contributed by atoms with Gasteiger partial charge in [0.1, 0.15) is 6.61 Å². The Bertz CT molecular complexity index is 1090. The molecule has 1 saturated heterocycles. The zero-order valence-corrected chi connectivity index (χ0v) is 30.9. The number of esters is 4. The summed E-state index contributed by atoms with van der Waals surface area (Å²) in [5, 5.41) is 0. The first-order chi connectivity index (χ1) is 22.9. The fourth-order valence-electron chi connectivity index (χ4n) is 6.60. The molecule has 1 saturated carbocycles. The lowest BCUT2D eigenvalue weighted by molar-refractivity contribution is -0.210. The Balaban J connectivity index is 2.25. The van der Waals surface area contributed by atoms with Gasteiger partial charge in [-0.1, -0.05) is 59.8 Å². The van der Waals surface area contributed by atoms with Gasteiger partial charge >= 0.3 is 23.9 Å². The van der Waals surface area contributed by atoms with Crippen LogP contribution in [0.5, 0.6) is 0 Å². The first kappa shape index (κ1) is 41.9. The maximum Gasteiger partial charge on any atom is 0.306 e. The number of unbranched alkanes of at least 4 members (excludes halogenated alkanes) is 3. The van der Waals surface area contributed by atoms with E-state index in [0.29, 0.717) is 38.8 Å². The molecule has 278 valence electrons. The smallest absolute Gasteiger partial charge is 0.306 e. The molecule has 2 fully saturated rings. The van der Waals surface area contributed by atoms with Gasteiger partial charge in [-0.3, -0.25) is 24.1 Å². The number of carbonyl (C=O) groups is 4. The van der Waals surface area contributed by atoms with Gasteiger partial charge in [0, 0.05) is 44.8 Å². The van der Waals surface area contributed by atoms with Crippen molar-refractivity contribution in [1.82, 2.24) is 9.21 Å². The molecule has 1 heterocycles. The molecule has 0 aromatic heterocycles.